The average Bonchev–Trinajstić information content (AvgIpc) is 2.68. The summed E-state index contributed by atoms with van der Waals surface area (Å²) in [7, 11) is 0. The number of phenols is 2. The molecule has 2 N–H and O–H groups in total. The molecule has 2 aromatic rings. The normalized spacial score (nSPS) is 21.0. The first-order valence-corrected chi connectivity index (χ1v) is 5.81. The maximum absolute atomic E-state index is 9.80. The summed E-state index contributed by atoms with van der Waals surface area (Å²) in [5.74, 6) is -0.0938. The first kappa shape index (κ1) is 11.4. The molecule has 1 atom stereocenters. The molecule has 1 saturated heterocycles. The third kappa shape index (κ3) is 1.57. The number of alkyl halides is 2. The molecule has 1 fully saturated rings. The standard InChI is InChI=1S/C10H8Cl2N4O2/c11-10(12)9(16(10)15-4-13-14-5-15)7-2-1-6(17)3-8(7)18/h1-5,9,17-18H/t9-,16?/m1/s1. The zero-order chi connectivity index (χ0) is 12.9. The average molecular weight is 287 g/mol. The highest BCUT2D eigenvalue weighted by Gasteiger charge is 2.64. The lowest BCUT2D eigenvalue weighted by Gasteiger charge is -2.05. The van der Waals surface area contributed by atoms with Crippen LogP contribution in [0.15, 0.2) is 30.9 Å². The fraction of sp³-hybridized carbons (Fsp3) is 0.200. The minimum absolute atomic E-state index is 0.0255. The fourth-order valence-electron chi connectivity index (χ4n) is 1.91. The third-order valence-electron chi connectivity index (χ3n) is 2.78. The molecule has 1 aromatic carbocycles. The van der Waals surface area contributed by atoms with E-state index in [-0.39, 0.29) is 11.5 Å². The number of rotatable bonds is 2. The van der Waals surface area contributed by atoms with Crippen LogP contribution in [0.1, 0.15) is 11.6 Å². The SMILES string of the molecule is Oc1ccc([C@H]2N(n3cnnc3)C2(Cl)Cl)c(O)c1. The molecule has 2 heterocycles. The molecule has 8 heteroatoms. The van der Waals surface area contributed by atoms with Crippen LogP contribution in [0, 0.1) is 0 Å². The van der Waals surface area contributed by atoms with Gasteiger partial charge in [0.05, 0.1) is 0 Å². The van der Waals surface area contributed by atoms with E-state index < -0.39 is 10.5 Å². The number of phenolic OH excluding ortho intramolecular Hbond substituents is 2. The Hall–Kier alpha value is -1.66. The molecular formula is C10H8Cl2N4O2. The van der Waals surface area contributed by atoms with Gasteiger partial charge in [0, 0.05) is 11.6 Å². The number of benzene rings is 1. The molecular weight excluding hydrogens is 279 g/mol. The van der Waals surface area contributed by atoms with Crippen molar-refractivity contribution >= 4 is 23.2 Å². The van der Waals surface area contributed by atoms with Crippen LogP contribution in [0.2, 0.25) is 0 Å². The van der Waals surface area contributed by atoms with Gasteiger partial charge in [0.2, 0.25) is 4.46 Å². The summed E-state index contributed by atoms with van der Waals surface area (Å²) >= 11 is 12.3. The van der Waals surface area contributed by atoms with Crippen LogP contribution in [0.4, 0.5) is 0 Å². The van der Waals surface area contributed by atoms with Gasteiger partial charge in [-0.05, 0) is 12.1 Å². The van der Waals surface area contributed by atoms with Gasteiger partial charge < -0.3 is 10.2 Å². The van der Waals surface area contributed by atoms with Crippen molar-refractivity contribution in [1.82, 2.24) is 14.9 Å². The van der Waals surface area contributed by atoms with E-state index in [0.717, 1.165) is 0 Å². The van der Waals surface area contributed by atoms with E-state index in [9.17, 15) is 10.2 Å². The molecule has 1 aliphatic heterocycles. The third-order valence-corrected chi connectivity index (χ3v) is 3.54. The van der Waals surface area contributed by atoms with Gasteiger partial charge in [0.25, 0.3) is 0 Å². The highest BCUT2D eigenvalue weighted by molar-refractivity contribution is 6.52. The minimum Gasteiger partial charge on any atom is -0.508 e. The largest absolute Gasteiger partial charge is 0.508 e. The predicted molar refractivity (Wildman–Crippen MR) is 65.2 cm³/mol. The minimum atomic E-state index is -1.18. The van der Waals surface area contributed by atoms with Crippen LogP contribution in [0.3, 0.4) is 0 Å². The highest BCUT2D eigenvalue weighted by atomic mass is 35.5. The maximum Gasteiger partial charge on any atom is 0.230 e. The Morgan fingerprint density at radius 2 is 1.83 bits per heavy atom. The van der Waals surface area contributed by atoms with E-state index >= 15 is 0 Å². The zero-order valence-corrected chi connectivity index (χ0v) is 10.4. The Balaban J connectivity index is 1.99. The van der Waals surface area contributed by atoms with E-state index in [4.69, 9.17) is 23.2 Å². The van der Waals surface area contributed by atoms with Gasteiger partial charge in [0.15, 0.2) is 0 Å². The number of halogens is 2. The summed E-state index contributed by atoms with van der Waals surface area (Å²) < 4.78 is 0.355. The van der Waals surface area contributed by atoms with E-state index in [0.29, 0.717) is 5.56 Å². The summed E-state index contributed by atoms with van der Waals surface area (Å²) in [5.41, 5.74) is 0.520. The van der Waals surface area contributed by atoms with E-state index in [1.54, 1.807) is 11.1 Å². The number of aromatic nitrogens is 3. The number of hydrogen-bond acceptors (Lipinski definition) is 5. The molecule has 0 aliphatic carbocycles. The highest BCUT2D eigenvalue weighted by Crippen LogP contribution is 2.58. The summed E-state index contributed by atoms with van der Waals surface area (Å²) in [6, 6.07) is 3.83. The molecule has 0 spiro atoms. The summed E-state index contributed by atoms with van der Waals surface area (Å²) in [5, 5.41) is 28.0. The molecule has 0 bridgehead atoms. The molecule has 1 aliphatic rings. The fourth-order valence-corrected chi connectivity index (χ4v) is 2.60. The zero-order valence-electron chi connectivity index (χ0n) is 8.90. The monoisotopic (exact) mass is 286 g/mol. The molecule has 18 heavy (non-hydrogen) atoms. The molecule has 0 saturated carbocycles. The van der Waals surface area contributed by atoms with Crippen molar-refractivity contribution in [3.63, 3.8) is 0 Å². The van der Waals surface area contributed by atoms with Gasteiger partial charge in [0.1, 0.15) is 30.2 Å². The van der Waals surface area contributed by atoms with Crippen molar-refractivity contribution in [2.45, 2.75) is 10.5 Å². The van der Waals surface area contributed by atoms with Crippen molar-refractivity contribution in [2.75, 3.05) is 5.01 Å². The van der Waals surface area contributed by atoms with Gasteiger partial charge >= 0.3 is 0 Å². The van der Waals surface area contributed by atoms with Crippen LogP contribution in [0.5, 0.6) is 11.5 Å². The summed E-state index contributed by atoms with van der Waals surface area (Å²) in [4.78, 5) is 0. The first-order valence-electron chi connectivity index (χ1n) is 5.06. The molecule has 0 radical (unpaired) electrons. The Bertz CT molecular complexity index is 588. The Kier molecular flexibility index (Phi) is 2.33. The van der Waals surface area contributed by atoms with Crippen molar-refractivity contribution in [2.24, 2.45) is 0 Å². The van der Waals surface area contributed by atoms with Crippen molar-refractivity contribution in [1.29, 1.82) is 0 Å². The van der Waals surface area contributed by atoms with Gasteiger partial charge in [-0.25, -0.2) is 4.68 Å². The van der Waals surface area contributed by atoms with E-state index in [2.05, 4.69) is 10.2 Å². The quantitative estimate of drug-likeness (QED) is 0.497. The second-order valence-corrected chi connectivity index (χ2v) is 5.27. The lowest BCUT2D eigenvalue weighted by Crippen LogP contribution is -2.15. The molecule has 0 unspecified atom stereocenters. The summed E-state index contributed by atoms with van der Waals surface area (Å²) in [6.07, 6.45) is 2.91. The van der Waals surface area contributed by atoms with Gasteiger partial charge in [-0.3, -0.25) is 5.01 Å². The van der Waals surface area contributed by atoms with Crippen LogP contribution in [0.25, 0.3) is 0 Å². The van der Waals surface area contributed by atoms with Gasteiger partial charge in [-0.2, -0.15) is 0 Å². The predicted octanol–water partition coefficient (Wildman–Crippen LogP) is 1.51. The number of hydrogen-bond donors (Lipinski definition) is 2. The van der Waals surface area contributed by atoms with Gasteiger partial charge in [-0.15, -0.1) is 10.2 Å². The Labute approximate surface area is 112 Å². The van der Waals surface area contributed by atoms with Crippen LogP contribution in [-0.4, -0.2) is 29.5 Å². The summed E-state index contributed by atoms with van der Waals surface area (Å²) in [6.45, 7) is 0. The Morgan fingerprint density at radius 3 is 2.44 bits per heavy atom. The van der Waals surface area contributed by atoms with Crippen LogP contribution >= 0.6 is 23.2 Å². The molecule has 3 rings (SSSR count). The van der Waals surface area contributed by atoms with Crippen LogP contribution in [-0.2, 0) is 0 Å². The maximum atomic E-state index is 9.80. The number of nitrogens with zero attached hydrogens (tertiary/aromatic N) is 4. The first-order chi connectivity index (χ1) is 8.51. The van der Waals surface area contributed by atoms with E-state index in [1.807, 2.05) is 0 Å². The van der Waals surface area contributed by atoms with Crippen molar-refractivity contribution in [3.05, 3.63) is 36.4 Å². The van der Waals surface area contributed by atoms with Crippen molar-refractivity contribution in [3.8, 4) is 11.5 Å². The second-order valence-electron chi connectivity index (χ2n) is 3.92. The molecule has 1 aromatic heterocycles. The van der Waals surface area contributed by atoms with Crippen LogP contribution < -0.4 is 5.01 Å². The molecule has 0 amide bonds. The number of aromatic hydroxyl groups is 2. The Morgan fingerprint density at radius 1 is 1.17 bits per heavy atom. The van der Waals surface area contributed by atoms with Gasteiger partial charge in [-0.1, -0.05) is 23.2 Å². The van der Waals surface area contributed by atoms with Crippen molar-refractivity contribution < 1.29 is 10.2 Å². The lowest BCUT2D eigenvalue weighted by molar-refractivity contribution is 0.445. The smallest absolute Gasteiger partial charge is 0.230 e. The van der Waals surface area contributed by atoms with E-state index in [1.165, 1.54) is 29.5 Å². The molecule has 6 nitrogen and oxygen atoms in total. The topological polar surface area (TPSA) is 74.2 Å². The lowest BCUT2D eigenvalue weighted by atomic mass is 10.1. The molecule has 94 valence electrons. The second kappa shape index (κ2) is 3.66.